The molecule has 2 aromatic carbocycles. The van der Waals surface area contributed by atoms with E-state index in [-0.39, 0.29) is 0 Å². The van der Waals surface area contributed by atoms with Gasteiger partial charge >= 0.3 is 11.8 Å². The van der Waals surface area contributed by atoms with Crippen LogP contribution in [-0.4, -0.2) is 34.5 Å². The SMILES string of the molecule is Cc1cccc(N2CCN(c3cncn3Cc3ccc(C#N)cc3)C(=O)C2=O)c1C. The fourth-order valence-electron chi connectivity index (χ4n) is 3.65. The summed E-state index contributed by atoms with van der Waals surface area (Å²) >= 11 is 0. The van der Waals surface area contributed by atoms with Crippen molar-refractivity contribution in [1.29, 1.82) is 5.26 Å². The average Bonchev–Trinajstić information content (AvgIpc) is 3.21. The molecule has 1 aliphatic rings. The lowest BCUT2D eigenvalue weighted by atomic mass is 10.1. The van der Waals surface area contributed by atoms with E-state index < -0.39 is 11.8 Å². The number of imidazole rings is 1. The van der Waals surface area contributed by atoms with Crippen LogP contribution in [0, 0.1) is 25.2 Å². The van der Waals surface area contributed by atoms with Gasteiger partial charge in [-0.25, -0.2) is 4.98 Å². The Bertz CT molecular complexity index is 1160. The molecule has 3 aromatic rings. The van der Waals surface area contributed by atoms with Crippen LogP contribution in [0.25, 0.3) is 0 Å². The highest BCUT2D eigenvalue weighted by molar-refractivity contribution is 6.45. The van der Waals surface area contributed by atoms with Crippen molar-refractivity contribution in [3.63, 3.8) is 0 Å². The van der Waals surface area contributed by atoms with Gasteiger partial charge in [0.25, 0.3) is 0 Å². The van der Waals surface area contributed by atoms with Gasteiger partial charge in [-0.3, -0.25) is 14.5 Å². The summed E-state index contributed by atoms with van der Waals surface area (Å²) in [4.78, 5) is 33.1. The Balaban J connectivity index is 1.56. The summed E-state index contributed by atoms with van der Waals surface area (Å²) in [6.07, 6.45) is 3.24. The van der Waals surface area contributed by atoms with Gasteiger partial charge < -0.3 is 9.47 Å². The van der Waals surface area contributed by atoms with Gasteiger partial charge in [0.15, 0.2) is 0 Å². The number of aromatic nitrogens is 2. The lowest BCUT2D eigenvalue weighted by Crippen LogP contribution is -2.55. The minimum absolute atomic E-state index is 0.386. The molecule has 30 heavy (non-hydrogen) atoms. The summed E-state index contributed by atoms with van der Waals surface area (Å²) in [6.45, 7) is 5.23. The molecule has 1 fully saturated rings. The first-order valence-corrected chi connectivity index (χ1v) is 9.68. The zero-order valence-electron chi connectivity index (χ0n) is 16.9. The third-order valence-electron chi connectivity index (χ3n) is 5.49. The zero-order chi connectivity index (χ0) is 21.3. The number of nitrogens with zero attached hydrogens (tertiary/aromatic N) is 5. The maximum atomic E-state index is 12.9. The van der Waals surface area contributed by atoms with Crippen LogP contribution in [0.4, 0.5) is 11.5 Å². The van der Waals surface area contributed by atoms with E-state index >= 15 is 0 Å². The lowest BCUT2D eigenvalue weighted by Gasteiger charge is -2.34. The number of hydrogen-bond donors (Lipinski definition) is 0. The van der Waals surface area contributed by atoms with Crippen molar-refractivity contribution in [2.45, 2.75) is 20.4 Å². The normalized spacial score (nSPS) is 14.2. The highest BCUT2D eigenvalue weighted by Gasteiger charge is 2.36. The first kappa shape index (κ1) is 19.4. The van der Waals surface area contributed by atoms with Gasteiger partial charge in [0.05, 0.1) is 30.7 Å². The molecule has 0 spiro atoms. The molecule has 0 atom stereocenters. The van der Waals surface area contributed by atoms with Gasteiger partial charge in [-0.2, -0.15) is 5.26 Å². The zero-order valence-corrected chi connectivity index (χ0v) is 16.9. The second-order valence-electron chi connectivity index (χ2n) is 7.32. The van der Waals surface area contributed by atoms with Gasteiger partial charge in [-0.05, 0) is 48.7 Å². The average molecular weight is 399 g/mol. The van der Waals surface area contributed by atoms with Crippen LogP contribution < -0.4 is 9.80 Å². The number of benzene rings is 2. The van der Waals surface area contributed by atoms with E-state index in [0.717, 1.165) is 22.4 Å². The molecular formula is C23H21N5O2. The van der Waals surface area contributed by atoms with E-state index in [1.165, 1.54) is 4.90 Å². The van der Waals surface area contributed by atoms with Crippen LogP contribution in [-0.2, 0) is 16.1 Å². The highest BCUT2D eigenvalue weighted by atomic mass is 16.2. The van der Waals surface area contributed by atoms with E-state index in [1.54, 1.807) is 29.6 Å². The Hall–Kier alpha value is -3.92. The third kappa shape index (κ3) is 3.44. The molecule has 0 N–H and O–H groups in total. The van der Waals surface area contributed by atoms with Crippen LogP contribution in [0.15, 0.2) is 55.0 Å². The lowest BCUT2D eigenvalue weighted by molar-refractivity contribution is -0.136. The maximum absolute atomic E-state index is 12.9. The van der Waals surface area contributed by atoms with Crippen molar-refractivity contribution in [3.8, 4) is 6.07 Å². The third-order valence-corrected chi connectivity index (χ3v) is 5.49. The summed E-state index contributed by atoms with van der Waals surface area (Å²) in [7, 11) is 0. The van der Waals surface area contributed by atoms with Crippen LogP contribution in [0.2, 0.25) is 0 Å². The van der Waals surface area contributed by atoms with Gasteiger partial charge in [0.2, 0.25) is 0 Å². The summed E-state index contributed by atoms with van der Waals surface area (Å²) in [6, 6.07) is 15.1. The molecule has 1 aliphatic heterocycles. The molecule has 2 amide bonds. The van der Waals surface area contributed by atoms with Gasteiger partial charge in [0, 0.05) is 18.8 Å². The highest BCUT2D eigenvalue weighted by Crippen LogP contribution is 2.27. The van der Waals surface area contributed by atoms with Gasteiger partial charge in [0.1, 0.15) is 5.82 Å². The molecule has 0 saturated carbocycles. The molecular weight excluding hydrogens is 378 g/mol. The fourth-order valence-corrected chi connectivity index (χ4v) is 3.65. The van der Waals surface area contributed by atoms with Crippen LogP contribution in [0.1, 0.15) is 22.3 Å². The Morgan fingerprint density at radius 2 is 1.70 bits per heavy atom. The number of nitriles is 1. The number of aryl methyl sites for hydroxylation is 1. The Morgan fingerprint density at radius 1 is 1.00 bits per heavy atom. The van der Waals surface area contributed by atoms with Crippen molar-refractivity contribution in [1.82, 2.24) is 9.55 Å². The minimum Gasteiger partial charge on any atom is -0.313 e. The number of anilines is 2. The summed E-state index contributed by atoms with van der Waals surface area (Å²) in [5.74, 6) is -0.525. The van der Waals surface area contributed by atoms with Crippen molar-refractivity contribution in [3.05, 3.63) is 77.2 Å². The van der Waals surface area contributed by atoms with E-state index in [4.69, 9.17) is 5.26 Å². The molecule has 1 saturated heterocycles. The second-order valence-corrected chi connectivity index (χ2v) is 7.32. The minimum atomic E-state index is -0.566. The van der Waals surface area contributed by atoms with Crippen molar-refractivity contribution < 1.29 is 9.59 Å². The second kappa shape index (κ2) is 7.84. The smallest absolute Gasteiger partial charge is 0.313 e. The molecule has 0 bridgehead atoms. The summed E-state index contributed by atoms with van der Waals surface area (Å²) in [5, 5.41) is 8.94. The fraction of sp³-hybridized carbons (Fsp3) is 0.217. The predicted octanol–water partition coefficient (Wildman–Crippen LogP) is 2.80. The van der Waals surface area contributed by atoms with Crippen LogP contribution >= 0.6 is 0 Å². The number of piperazine rings is 1. The largest absolute Gasteiger partial charge is 0.318 e. The Morgan fingerprint density at radius 3 is 2.43 bits per heavy atom. The monoisotopic (exact) mass is 399 g/mol. The van der Waals surface area contributed by atoms with E-state index in [0.29, 0.717) is 31.0 Å². The van der Waals surface area contributed by atoms with E-state index in [2.05, 4.69) is 11.1 Å². The maximum Gasteiger partial charge on any atom is 0.318 e. The molecule has 7 heteroatoms. The molecule has 1 aromatic heterocycles. The van der Waals surface area contributed by atoms with Crippen molar-refractivity contribution >= 4 is 23.3 Å². The predicted molar refractivity (Wildman–Crippen MR) is 113 cm³/mol. The molecule has 150 valence electrons. The number of carbonyl (C=O) groups excluding carboxylic acids is 2. The molecule has 0 unspecified atom stereocenters. The van der Waals surface area contributed by atoms with E-state index in [1.807, 2.05) is 48.7 Å². The Kier molecular flexibility index (Phi) is 5.07. The van der Waals surface area contributed by atoms with Crippen molar-refractivity contribution in [2.75, 3.05) is 22.9 Å². The first-order chi connectivity index (χ1) is 14.5. The molecule has 7 nitrogen and oxygen atoms in total. The number of hydrogen-bond acceptors (Lipinski definition) is 4. The van der Waals surface area contributed by atoms with Gasteiger partial charge in [-0.15, -0.1) is 0 Å². The summed E-state index contributed by atoms with van der Waals surface area (Å²) < 4.78 is 1.83. The summed E-state index contributed by atoms with van der Waals surface area (Å²) in [5.41, 5.74) is 4.42. The van der Waals surface area contributed by atoms with Crippen molar-refractivity contribution in [2.24, 2.45) is 0 Å². The molecule has 0 radical (unpaired) electrons. The number of rotatable bonds is 4. The molecule has 2 heterocycles. The Labute approximate surface area is 174 Å². The van der Waals surface area contributed by atoms with Gasteiger partial charge in [-0.1, -0.05) is 24.3 Å². The van der Waals surface area contributed by atoms with Crippen LogP contribution in [0.5, 0.6) is 0 Å². The van der Waals surface area contributed by atoms with E-state index in [9.17, 15) is 9.59 Å². The molecule has 0 aliphatic carbocycles. The first-order valence-electron chi connectivity index (χ1n) is 9.68. The topological polar surface area (TPSA) is 82.2 Å². The molecule has 4 rings (SSSR count). The quantitative estimate of drug-likeness (QED) is 0.632. The number of amides is 2. The van der Waals surface area contributed by atoms with Crippen LogP contribution in [0.3, 0.4) is 0 Å². The standard InChI is InChI=1S/C23H21N5O2/c1-16-4-3-5-20(17(16)2)27-10-11-28(23(30)22(27)29)21-13-25-15-26(21)14-19-8-6-18(12-24)7-9-19/h3-9,13,15H,10-11,14H2,1-2H3. The number of carbonyl (C=O) groups is 2.